The summed E-state index contributed by atoms with van der Waals surface area (Å²) in [5, 5.41) is 0. The third-order valence-corrected chi connectivity index (χ3v) is 4.27. The lowest BCUT2D eigenvalue weighted by molar-refractivity contribution is -0.0282. The number of benzene rings is 2. The highest BCUT2D eigenvalue weighted by molar-refractivity contribution is 5.51. The van der Waals surface area contributed by atoms with Crippen molar-refractivity contribution >= 4 is 6.08 Å². The molecule has 0 heterocycles. The highest BCUT2D eigenvalue weighted by Crippen LogP contribution is 2.35. The smallest absolute Gasteiger partial charge is 0.279 e. The minimum atomic E-state index is -3.77. The molecule has 0 aromatic heterocycles. The van der Waals surface area contributed by atoms with Gasteiger partial charge in [-0.1, -0.05) is 30.4 Å². The molecule has 0 spiro atoms. The molecule has 0 amide bonds. The lowest BCUT2D eigenvalue weighted by atomic mass is 10.0. The molecular weight excluding hydrogens is 394 g/mol. The number of halogens is 6. The summed E-state index contributed by atoms with van der Waals surface area (Å²) >= 11 is 0. The molecule has 0 fully saturated rings. The number of alkyl halides is 2. The molecule has 0 aliphatic carbocycles. The van der Waals surface area contributed by atoms with Gasteiger partial charge in [0.05, 0.1) is 18.6 Å². The van der Waals surface area contributed by atoms with E-state index in [1.807, 2.05) is 0 Å². The highest BCUT2D eigenvalue weighted by atomic mass is 19.3. The van der Waals surface area contributed by atoms with Gasteiger partial charge in [0.2, 0.25) is 5.82 Å². The Balaban J connectivity index is 2.11. The van der Waals surface area contributed by atoms with Gasteiger partial charge in [-0.25, -0.2) is 22.0 Å². The van der Waals surface area contributed by atoms with Crippen LogP contribution >= 0.6 is 0 Å². The Morgan fingerprint density at radius 2 is 1.69 bits per heavy atom. The number of hydrogen-bond acceptors (Lipinski definition) is 1. The Kier molecular flexibility index (Phi) is 7.53. The van der Waals surface area contributed by atoms with E-state index in [0.717, 1.165) is 18.2 Å². The monoisotopic (exact) mass is 414 g/mol. The zero-order valence-corrected chi connectivity index (χ0v) is 15.8. The van der Waals surface area contributed by atoms with Gasteiger partial charge in [0.25, 0.3) is 5.92 Å². The molecule has 0 bridgehead atoms. The first-order chi connectivity index (χ1) is 13.7. The van der Waals surface area contributed by atoms with Crippen LogP contribution in [0.4, 0.5) is 26.3 Å². The topological polar surface area (TPSA) is 9.23 Å². The van der Waals surface area contributed by atoms with Crippen LogP contribution in [0.2, 0.25) is 0 Å². The van der Waals surface area contributed by atoms with E-state index in [0.29, 0.717) is 6.42 Å². The third-order valence-electron chi connectivity index (χ3n) is 4.27. The Morgan fingerprint density at radius 3 is 2.34 bits per heavy atom. The molecule has 0 atom stereocenters. The Bertz CT molecular complexity index is 905. The van der Waals surface area contributed by atoms with Crippen molar-refractivity contribution < 1.29 is 31.1 Å². The van der Waals surface area contributed by atoms with Crippen molar-refractivity contribution in [1.29, 1.82) is 0 Å². The molecule has 0 aliphatic heterocycles. The van der Waals surface area contributed by atoms with E-state index in [1.165, 1.54) is 18.2 Å². The quantitative estimate of drug-likeness (QED) is 0.319. The molecule has 0 saturated carbocycles. The van der Waals surface area contributed by atoms with E-state index < -0.39 is 53.5 Å². The summed E-state index contributed by atoms with van der Waals surface area (Å²) in [5.41, 5.74) is -1.17. The lowest BCUT2D eigenvalue weighted by Gasteiger charge is -2.19. The fraction of sp³-hybridized carbons (Fsp3) is 0.273. The lowest BCUT2D eigenvalue weighted by Crippen LogP contribution is -2.20. The Morgan fingerprint density at radius 1 is 0.966 bits per heavy atom. The van der Waals surface area contributed by atoms with Gasteiger partial charge in [0, 0.05) is 5.56 Å². The second kappa shape index (κ2) is 9.67. The molecule has 7 heteroatoms. The molecule has 0 radical (unpaired) electrons. The molecule has 1 nitrogen and oxygen atoms in total. The van der Waals surface area contributed by atoms with Crippen LogP contribution in [-0.4, -0.2) is 6.61 Å². The number of hydrogen-bond donors (Lipinski definition) is 0. The van der Waals surface area contributed by atoms with E-state index in [2.05, 4.69) is 6.58 Å². The van der Waals surface area contributed by atoms with E-state index in [-0.39, 0.29) is 17.5 Å². The van der Waals surface area contributed by atoms with Crippen LogP contribution in [0, 0.1) is 23.3 Å². The van der Waals surface area contributed by atoms with E-state index in [1.54, 1.807) is 13.0 Å². The van der Waals surface area contributed by atoms with Gasteiger partial charge in [-0.2, -0.15) is 4.39 Å². The average molecular weight is 414 g/mol. The van der Waals surface area contributed by atoms with Crippen molar-refractivity contribution in [3.63, 3.8) is 0 Å². The molecule has 2 rings (SSSR count). The first kappa shape index (κ1) is 22.6. The summed E-state index contributed by atoms with van der Waals surface area (Å²) in [5.74, 6) is -9.75. The minimum absolute atomic E-state index is 0.110. The molecule has 0 unspecified atom stereocenters. The molecule has 2 aromatic carbocycles. The van der Waals surface area contributed by atoms with Gasteiger partial charge in [0.15, 0.2) is 23.2 Å². The molecular formula is C22H20F6O. The van der Waals surface area contributed by atoms with Gasteiger partial charge >= 0.3 is 0 Å². The maximum Gasteiger partial charge on any atom is 0.279 e. The molecule has 2 aromatic rings. The number of rotatable bonds is 9. The first-order valence-corrected chi connectivity index (χ1v) is 8.92. The van der Waals surface area contributed by atoms with Crippen LogP contribution in [0.5, 0.6) is 5.75 Å². The van der Waals surface area contributed by atoms with Crippen molar-refractivity contribution in [2.75, 3.05) is 6.61 Å². The van der Waals surface area contributed by atoms with Crippen molar-refractivity contribution in [3.05, 3.63) is 83.0 Å². The number of aryl methyl sites for hydroxylation is 1. The maximum atomic E-state index is 14.3. The third kappa shape index (κ3) is 5.22. The second-order valence-corrected chi connectivity index (χ2v) is 6.31. The average Bonchev–Trinajstić information content (AvgIpc) is 2.68. The predicted octanol–water partition coefficient (Wildman–Crippen LogP) is 6.96. The SMILES string of the molecule is C=CCCc1ccc(OCCC(F)(F)c2ccc(/C=C/C)c(F)c2F)c(F)c1F. The van der Waals surface area contributed by atoms with E-state index in [4.69, 9.17) is 4.74 Å². The van der Waals surface area contributed by atoms with Crippen LogP contribution in [0.3, 0.4) is 0 Å². The largest absolute Gasteiger partial charge is 0.490 e. The van der Waals surface area contributed by atoms with Gasteiger partial charge in [0.1, 0.15) is 0 Å². The summed E-state index contributed by atoms with van der Waals surface area (Å²) in [4.78, 5) is 0. The summed E-state index contributed by atoms with van der Waals surface area (Å²) in [6.45, 7) is 4.34. The van der Waals surface area contributed by atoms with E-state index in [9.17, 15) is 26.3 Å². The minimum Gasteiger partial charge on any atom is -0.490 e. The molecule has 0 N–H and O–H groups in total. The van der Waals surface area contributed by atoms with Crippen LogP contribution < -0.4 is 4.74 Å². The molecule has 0 aliphatic rings. The Hall–Kier alpha value is -2.70. The zero-order valence-electron chi connectivity index (χ0n) is 15.8. The van der Waals surface area contributed by atoms with Gasteiger partial charge in [-0.15, -0.1) is 6.58 Å². The molecule has 29 heavy (non-hydrogen) atoms. The van der Waals surface area contributed by atoms with Gasteiger partial charge in [-0.05, 0) is 37.5 Å². The summed E-state index contributed by atoms with van der Waals surface area (Å²) in [6, 6.07) is 4.27. The van der Waals surface area contributed by atoms with Crippen LogP contribution in [0.15, 0.2) is 43.0 Å². The first-order valence-electron chi connectivity index (χ1n) is 8.92. The standard InChI is InChI=1S/C22H20F6O/c1-3-5-7-15-9-11-17(21(26)19(15)24)29-13-12-22(27,28)16-10-8-14(6-4-2)18(23)20(16)25/h3-4,6,8-11H,1,5,7,12-13H2,2H3/b6-4+. The predicted molar refractivity (Wildman–Crippen MR) is 99.9 cm³/mol. The van der Waals surface area contributed by atoms with Crippen LogP contribution in [0.25, 0.3) is 6.08 Å². The van der Waals surface area contributed by atoms with Crippen molar-refractivity contribution in [3.8, 4) is 5.75 Å². The summed E-state index contributed by atoms with van der Waals surface area (Å²) in [6.07, 6.45) is 3.87. The fourth-order valence-corrected chi connectivity index (χ4v) is 2.71. The zero-order chi connectivity index (χ0) is 21.6. The van der Waals surface area contributed by atoms with E-state index >= 15 is 0 Å². The molecule has 156 valence electrons. The summed E-state index contributed by atoms with van der Waals surface area (Å²) < 4.78 is 89.5. The Labute approximate surface area is 165 Å². The van der Waals surface area contributed by atoms with Crippen molar-refractivity contribution in [2.45, 2.75) is 32.1 Å². The van der Waals surface area contributed by atoms with Crippen LogP contribution in [0.1, 0.15) is 36.5 Å². The second-order valence-electron chi connectivity index (χ2n) is 6.31. The summed E-state index contributed by atoms with van der Waals surface area (Å²) in [7, 11) is 0. The number of ether oxygens (including phenoxy) is 1. The van der Waals surface area contributed by atoms with Crippen LogP contribution in [-0.2, 0) is 12.3 Å². The normalized spacial score (nSPS) is 11.8. The van der Waals surface area contributed by atoms with Crippen molar-refractivity contribution in [1.82, 2.24) is 0 Å². The fourth-order valence-electron chi connectivity index (χ4n) is 2.71. The number of allylic oxidation sites excluding steroid dienone is 2. The van der Waals surface area contributed by atoms with Gasteiger partial charge < -0.3 is 4.74 Å². The van der Waals surface area contributed by atoms with Crippen molar-refractivity contribution in [2.24, 2.45) is 0 Å². The maximum absolute atomic E-state index is 14.3. The highest BCUT2D eigenvalue weighted by Gasteiger charge is 2.36. The van der Waals surface area contributed by atoms with Gasteiger partial charge in [-0.3, -0.25) is 0 Å². The molecule has 0 saturated heterocycles.